The third-order valence-corrected chi connectivity index (χ3v) is 3.09. The second-order valence-corrected chi connectivity index (χ2v) is 4.59. The average Bonchev–Trinajstić information content (AvgIpc) is 2.36. The molecule has 0 aliphatic carbocycles. The van der Waals surface area contributed by atoms with Crippen LogP contribution in [0.4, 0.5) is 0 Å². The van der Waals surface area contributed by atoms with Crippen LogP contribution >= 0.6 is 11.8 Å². The molecular formula is C13H19NO2S. The van der Waals surface area contributed by atoms with Crippen molar-refractivity contribution in [2.24, 2.45) is 0 Å². The first kappa shape index (κ1) is 13.9. The number of nitrogens with one attached hydrogen (secondary N) is 1. The van der Waals surface area contributed by atoms with Gasteiger partial charge in [0.05, 0.1) is 12.4 Å². The number of carbonyl (C=O) groups is 1. The number of ether oxygens (including phenoxy) is 1. The van der Waals surface area contributed by atoms with E-state index in [0.717, 1.165) is 23.6 Å². The molecule has 1 amide bonds. The number of carbonyl (C=O) groups excluding carboxylic acids is 1. The van der Waals surface area contributed by atoms with Gasteiger partial charge in [-0.2, -0.15) is 0 Å². The van der Waals surface area contributed by atoms with Gasteiger partial charge in [-0.3, -0.25) is 4.79 Å². The molecule has 0 saturated carbocycles. The first-order valence-electron chi connectivity index (χ1n) is 5.88. The minimum Gasteiger partial charge on any atom is -0.494 e. The maximum Gasteiger partial charge on any atom is 0.230 e. The lowest BCUT2D eigenvalue weighted by Gasteiger charge is -2.05. The zero-order valence-electron chi connectivity index (χ0n) is 10.4. The summed E-state index contributed by atoms with van der Waals surface area (Å²) in [5.41, 5.74) is 0. The van der Waals surface area contributed by atoms with Crippen LogP contribution in [0.5, 0.6) is 5.75 Å². The van der Waals surface area contributed by atoms with Crippen molar-refractivity contribution >= 4 is 17.7 Å². The molecule has 0 unspecified atom stereocenters. The minimum atomic E-state index is 0.0886. The van der Waals surface area contributed by atoms with E-state index in [2.05, 4.69) is 5.32 Å². The molecule has 1 rings (SSSR count). The van der Waals surface area contributed by atoms with Gasteiger partial charge in [-0.05, 0) is 37.6 Å². The van der Waals surface area contributed by atoms with Crippen LogP contribution in [0.25, 0.3) is 0 Å². The smallest absolute Gasteiger partial charge is 0.230 e. The molecule has 94 valence electrons. The number of rotatable bonds is 7. The van der Waals surface area contributed by atoms with E-state index in [1.807, 2.05) is 38.1 Å². The van der Waals surface area contributed by atoms with Crippen molar-refractivity contribution in [3.05, 3.63) is 24.3 Å². The van der Waals surface area contributed by atoms with E-state index in [1.54, 1.807) is 0 Å². The van der Waals surface area contributed by atoms with Crippen LogP contribution in [0.2, 0.25) is 0 Å². The van der Waals surface area contributed by atoms with E-state index in [9.17, 15) is 4.79 Å². The molecule has 0 spiro atoms. The molecule has 1 aromatic rings. The van der Waals surface area contributed by atoms with Crippen LogP contribution in [-0.2, 0) is 4.79 Å². The quantitative estimate of drug-likeness (QED) is 0.759. The normalized spacial score (nSPS) is 10.0. The van der Waals surface area contributed by atoms with Gasteiger partial charge in [0.1, 0.15) is 5.75 Å². The Morgan fingerprint density at radius 2 is 2.00 bits per heavy atom. The maximum absolute atomic E-state index is 11.4. The van der Waals surface area contributed by atoms with Crippen molar-refractivity contribution in [3.63, 3.8) is 0 Å². The van der Waals surface area contributed by atoms with E-state index in [4.69, 9.17) is 4.74 Å². The molecule has 1 aromatic carbocycles. The van der Waals surface area contributed by atoms with Crippen molar-refractivity contribution < 1.29 is 9.53 Å². The largest absolute Gasteiger partial charge is 0.494 e. The Labute approximate surface area is 107 Å². The van der Waals surface area contributed by atoms with Gasteiger partial charge in [-0.25, -0.2) is 0 Å². The highest BCUT2D eigenvalue weighted by atomic mass is 32.2. The fourth-order valence-electron chi connectivity index (χ4n) is 1.26. The second-order valence-electron chi connectivity index (χ2n) is 3.54. The molecule has 0 atom stereocenters. The number of hydrogen-bond donors (Lipinski definition) is 1. The van der Waals surface area contributed by atoms with Gasteiger partial charge in [-0.1, -0.05) is 6.92 Å². The molecule has 0 bridgehead atoms. The van der Waals surface area contributed by atoms with Gasteiger partial charge >= 0.3 is 0 Å². The summed E-state index contributed by atoms with van der Waals surface area (Å²) in [6.07, 6.45) is 0.972. The van der Waals surface area contributed by atoms with Gasteiger partial charge < -0.3 is 10.1 Å². The molecule has 0 aromatic heterocycles. The maximum atomic E-state index is 11.4. The molecule has 0 heterocycles. The first-order chi connectivity index (χ1) is 8.26. The summed E-state index contributed by atoms with van der Waals surface area (Å²) in [7, 11) is 0. The Hall–Kier alpha value is -1.16. The lowest BCUT2D eigenvalue weighted by atomic mass is 10.3. The zero-order valence-corrected chi connectivity index (χ0v) is 11.2. The van der Waals surface area contributed by atoms with Crippen LogP contribution in [0.15, 0.2) is 29.2 Å². The van der Waals surface area contributed by atoms with Crippen molar-refractivity contribution in [2.45, 2.75) is 25.2 Å². The van der Waals surface area contributed by atoms with Gasteiger partial charge in [-0.15, -0.1) is 11.8 Å². The first-order valence-corrected chi connectivity index (χ1v) is 6.87. The summed E-state index contributed by atoms with van der Waals surface area (Å²) in [4.78, 5) is 12.5. The molecule has 17 heavy (non-hydrogen) atoms. The number of thioether (sulfide) groups is 1. The lowest BCUT2D eigenvalue weighted by Crippen LogP contribution is -2.25. The predicted molar refractivity (Wildman–Crippen MR) is 71.6 cm³/mol. The van der Waals surface area contributed by atoms with Crippen LogP contribution in [0, 0.1) is 0 Å². The highest BCUT2D eigenvalue weighted by Crippen LogP contribution is 2.21. The summed E-state index contributed by atoms with van der Waals surface area (Å²) in [6, 6.07) is 7.80. The molecule has 0 saturated heterocycles. The molecule has 0 aliphatic heterocycles. The van der Waals surface area contributed by atoms with Crippen molar-refractivity contribution in [1.82, 2.24) is 5.32 Å². The second kappa shape index (κ2) is 8.01. The van der Waals surface area contributed by atoms with Crippen LogP contribution in [0.3, 0.4) is 0 Å². The van der Waals surface area contributed by atoms with Crippen molar-refractivity contribution in [3.8, 4) is 5.75 Å². The monoisotopic (exact) mass is 253 g/mol. The highest BCUT2D eigenvalue weighted by Gasteiger charge is 2.01. The van der Waals surface area contributed by atoms with Crippen molar-refractivity contribution in [2.75, 3.05) is 18.9 Å². The fourth-order valence-corrected chi connectivity index (χ4v) is 1.99. The van der Waals surface area contributed by atoms with E-state index in [0.29, 0.717) is 12.4 Å². The van der Waals surface area contributed by atoms with Crippen LogP contribution in [-0.4, -0.2) is 24.8 Å². The average molecular weight is 253 g/mol. The molecule has 4 heteroatoms. The Balaban J connectivity index is 2.34. The van der Waals surface area contributed by atoms with E-state index >= 15 is 0 Å². The molecule has 3 nitrogen and oxygen atoms in total. The Bertz CT molecular complexity index is 338. The summed E-state index contributed by atoms with van der Waals surface area (Å²) in [5.74, 6) is 1.42. The molecule has 1 N–H and O–H groups in total. The predicted octanol–water partition coefficient (Wildman–Crippen LogP) is 2.70. The van der Waals surface area contributed by atoms with Gasteiger partial charge in [0.15, 0.2) is 0 Å². The highest BCUT2D eigenvalue weighted by molar-refractivity contribution is 8.00. The minimum absolute atomic E-state index is 0.0886. The molecular weight excluding hydrogens is 234 g/mol. The number of hydrogen-bond acceptors (Lipinski definition) is 3. The summed E-state index contributed by atoms with van der Waals surface area (Å²) in [5, 5.41) is 2.85. The third kappa shape index (κ3) is 5.63. The van der Waals surface area contributed by atoms with Gasteiger partial charge in [0.2, 0.25) is 5.91 Å². The lowest BCUT2D eigenvalue weighted by molar-refractivity contribution is -0.118. The van der Waals surface area contributed by atoms with E-state index < -0.39 is 0 Å². The zero-order chi connectivity index (χ0) is 12.5. The van der Waals surface area contributed by atoms with E-state index in [-0.39, 0.29) is 5.91 Å². The molecule has 0 aliphatic rings. The van der Waals surface area contributed by atoms with Crippen LogP contribution in [0.1, 0.15) is 20.3 Å². The van der Waals surface area contributed by atoms with E-state index in [1.165, 1.54) is 11.8 Å². The van der Waals surface area contributed by atoms with Gasteiger partial charge in [0.25, 0.3) is 0 Å². The Kier molecular flexibility index (Phi) is 6.55. The van der Waals surface area contributed by atoms with Crippen LogP contribution < -0.4 is 10.1 Å². The topological polar surface area (TPSA) is 38.3 Å². The summed E-state index contributed by atoms with van der Waals surface area (Å²) >= 11 is 1.54. The summed E-state index contributed by atoms with van der Waals surface area (Å²) < 4.78 is 5.35. The van der Waals surface area contributed by atoms with Gasteiger partial charge in [0, 0.05) is 11.4 Å². The third-order valence-electron chi connectivity index (χ3n) is 2.08. The Morgan fingerprint density at radius 1 is 1.29 bits per heavy atom. The number of benzene rings is 1. The fraction of sp³-hybridized carbons (Fsp3) is 0.462. The SMILES string of the molecule is CCCNC(=O)CSc1ccc(OCC)cc1. The Morgan fingerprint density at radius 3 is 2.59 bits per heavy atom. The summed E-state index contributed by atoms with van der Waals surface area (Å²) in [6.45, 7) is 5.43. The van der Waals surface area contributed by atoms with Crippen molar-refractivity contribution in [1.29, 1.82) is 0 Å². The molecule has 0 fully saturated rings. The molecule has 0 radical (unpaired) electrons. The number of amides is 1. The standard InChI is InChI=1S/C13H19NO2S/c1-3-9-14-13(15)10-17-12-7-5-11(6-8-12)16-4-2/h5-8H,3-4,9-10H2,1-2H3,(H,14,15).